The Morgan fingerprint density at radius 3 is 2.10 bits per heavy atom. The second-order valence-corrected chi connectivity index (χ2v) is 6.18. The predicted octanol–water partition coefficient (Wildman–Crippen LogP) is 4.75. The lowest BCUT2D eigenvalue weighted by molar-refractivity contribution is 0.400. The normalized spacial score (nSPS) is 11.7. The zero-order valence-electron chi connectivity index (χ0n) is 11.4. The third kappa shape index (κ3) is 3.87. The van der Waals surface area contributed by atoms with E-state index in [1.165, 1.54) is 12.1 Å². The van der Waals surface area contributed by atoms with Crippen molar-refractivity contribution in [2.75, 3.05) is 0 Å². The maximum Gasteiger partial charge on any atom is 0.126 e. The molecule has 0 heterocycles. The van der Waals surface area contributed by atoms with Crippen molar-refractivity contribution in [3.63, 3.8) is 0 Å². The second kappa shape index (κ2) is 6.02. The molecule has 1 N–H and O–H groups in total. The Morgan fingerprint density at radius 2 is 1.55 bits per heavy atom. The molecule has 4 heteroatoms. The molecule has 0 radical (unpaired) electrons. The molecule has 2 aromatic carbocycles. The van der Waals surface area contributed by atoms with Crippen LogP contribution in [0.1, 0.15) is 25.0 Å². The molecule has 0 amide bonds. The molecule has 0 saturated heterocycles. The summed E-state index contributed by atoms with van der Waals surface area (Å²) in [6.07, 6.45) is 0. The Morgan fingerprint density at radius 1 is 1.00 bits per heavy atom. The van der Waals surface area contributed by atoms with E-state index >= 15 is 0 Å². The van der Waals surface area contributed by atoms with Gasteiger partial charge in [-0.1, -0.05) is 28.1 Å². The number of benzene rings is 2. The maximum absolute atomic E-state index is 13.1. The smallest absolute Gasteiger partial charge is 0.126 e. The van der Waals surface area contributed by atoms with Crippen LogP contribution in [0.3, 0.4) is 0 Å². The van der Waals surface area contributed by atoms with E-state index in [0.717, 1.165) is 16.1 Å². The first-order chi connectivity index (χ1) is 9.37. The zero-order valence-corrected chi connectivity index (χ0v) is 13.0. The van der Waals surface area contributed by atoms with E-state index in [0.29, 0.717) is 12.1 Å². The highest BCUT2D eigenvalue weighted by Crippen LogP contribution is 2.22. The summed E-state index contributed by atoms with van der Waals surface area (Å²) >= 11 is 3.40. The first kappa shape index (κ1) is 15.1. The van der Waals surface area contributed by atoms with E-state index in [-0.39, 0.29) is 5.54 Å². The van der Waals surface area contributed by atoms with Crippen LogP contribution in [0.5, 0.6) is 0 Å². The average molecular weight is 340 g/mol. The molecular weight excluding hydrogens is 324 g/mol. The summed E-state index contributed by atoms with van der Waals surface area (Å²) in [5.41, 5.74) is 1.41. The average Bonchev–Trinajstić information content (AvgIpc) is 2.36. The molecule has 0 aliphatic carbocycles. The van der Waals surface area contributed by atoms with Gasteiger partial charge in [0.15, 0.2) is 0 Å². The van der Waals surface area contributed by atoms with E-state index < -0.39 is 11.6 Å². The van der Waals surface area contributed by atoms with Crippen LogP contribution in [-0.4, -0.2) is 0 Å². The Labute approximate surface area is 126 Å². The third-order valence-electron chi connectivity index (χ3n) is 3.22. The van der Waals surface area contributed by atoms with E-state index in [9.17, 15) is 8.78 Å². The quantitative estimate of drug-likeness (QED) is 0.847. The first-order valence-corrected chi connectivity index (χ1v) is 7.12. The molecule has 0 aliphatic heterocycles. The molecule has 0 atom stereocenters. The van der Waals surface area contributed by atoms with E-state index in [2.05, 4.69) is 21.2 Å². The minimum atomic E-state index is -0.553. The van der Waals surface area contributed by atoms with Crippen LogP contribution < -0.4 is 5.32 Å². The number of halogens is 3. The number of hydrogen-bond acceptors (Lipinski definition) is 1. The second-order valence-electron chi connectivity index (χ2n) is 5.26. The van der Waals surface area contributed by atoms with Gasteiger partial charge in [0.2, 0.25) is 0 Å². The lowest BCUT2D eigenvalue weighted by Crippen LogP contribution is -2.35. The van der Waals surface area contributed by atoms with Gasteiger partial charge in [-0.15, -0.1) is 0 Å². The van der Waals surface area contributed by atoms with Gasteiger partial charge < -0.3 is 5.32 Å². The Hall–Kier alpha value is -1.26. The molecule has 2 aromatic rings. The summed E-state index contributed by atoms with van der Waals surface area (Å²) in [5, 5.41) is 3.32. The molecule has 0 spiro atoms. The lowest BCUT2D eigenvalue weighted by Gasteiger charge is -2.27. The Balaban J connectivity index is 2.10. The topological polar surface area (TPSA) is 12.0 Å². The van der Waals surface area contributed by atoms with Gasteiger partial charge in [0.25, 0.3) is 0 Å². The molecule has 1 nitrogen and oxygen atoms in total. The van der Waals surface area contributed by atoms with Crippen LogP contribution in [0.4, 0.5) is 8.78 Å². The number of hydrogen-bond donors (Lipinski definition) is 1. The van der Waals surface area contributed by atoms with E-state index in [1.807, 2.05) is 38.1 Å². The molecule has 0 unspecified atom stereocenters. The van der Waals surface area contributed by atoms with E-state index in [1.54, 1.807) is 0 Å². The molecule has 2 rings (SSSR count). The van der Waals surface area contributed by atoms with Crippen molar-refractivity contribution in [1.29, 1.82) is 0 Å². The summed E-state index contributed by atoms with van der Waals surface area (Å²) in [6.45, 7) is 4.47. The molecule has 0 fully saturated rings. The molecule has 0 bridgehead atoms. The Kier molecular flexibility index (Phi) is 4.55. The van der Waals surface area contributed by atoms with Crippen molar-refractivity contribution in [3.05, 3.63) is 69.7 Å². The summed E-state index contributed by atoms with van der Waals surface area (Å²) in [7, 11) is 0. The van der Waals surface area contributed by atoms with Crippen LogP contribution in [-0.2, 0) is 12.1 Å². The summed E-state index contributed by atoms with van der Waals surface area (Å²) in [4.78, 5) is 0. The van der Waals surface area contributed by atoms with Crippen LogP contribution >= 0.6 is 15.9 Å². The van der Waals surface area contributed by atoms with Gasteiger partial charge in [0, 0.05) is 22.6 Å². The molecular formula is C16H16BrF2N. The third-order valence-corrected chi connectivity index (χ3v) is 3.75. The van der Waals surface area contributed by atoms with Gasteiger partial charge in [0.1, 0.15) is 11.6 Å². The van der Waals surface area contributed by atoms with Crippen LogP contribution in [0.15, 0.2) is 46.9 Å². The van der Waals surface area contributed by atoms with Gasteiger partial charge in [0.05, 0.1) is 0 Å². The van der Waals surface area contributed by atoms with Crippen LogP contribution in [0.2, 0.25) is 0 Å². The van der Waals surface area contributed by atoms with Gasteiger partial charge in [-0.05, 0) is 49.2 Å². The fourth-order valence-corrected chi connectivity index (χ4v) is 2.27. The van der Waals surface area contributed by atoms with Crippen LogP contribution in [0, 0.1) is 11.6 Å². The molecule has 0 aromatic heterocycles. The summed E-state index contributed by atoms with van der Waals surface area (Å²) < 4.78 is 27.3. The fourth-order valence-electron chi connectivity index (χ4n) is 2.00. The lowest BCUT2D eigenvalue weighted by atomic mass is 9.94. The van der Waals surface area contributed by atoms with Crippen molar-refractivity contribution in [3.8, 4) is 0 Å². The van der Waals surface area contributed by atoms with Crippen molar-refractivity contribution in [1.82, 2.24) is 5.32 Å². The molecule has 106 valence electrons. The minimum absolute atomic E-state index is 0.288. The van der Waals surface area contributed by atoms with Gasteiger partial charge in [-0.25, -0.2) is 8.78 Å². The highest BCUT2D eigenvalue weighted by molar-refractivity contribution is 9.10. The standard InChI is InChI=1S/C16H16BrF2N/c1-16(2,12-3-5-13(17)6-4-12)20-10-11-7-14(18)9-15(19)8-11/h3-9,20H,10H2,1-2H3. The SMILES string of the molecule is CC(C)(NCc1cc(F)cc(F)c1)c1ccc(Br)cc1. The highest BCUT2D eigenvalue weighted by Gasteiger charge is 2.19. The van der Waals surface area contributed by atoms with Crippen molar-refractivity contribution in [2.24, 2.45) is 0 Å². The maximum atomic E-state index is 13.1. The first-order valence-electron chi connectivity index (χ1n) is 6.33. The fraction of sp³-hybridized carbons (Fsp3) is 0.250. The Bertz CT molecular complexity index is 574. The van der Waals surface area contributed by atoms with Crippen LogP contribution in [0.25, 0.3) is 0 Å². The van der Waals surface area contributed by atoms with Gasteiger partial charge >= 0.3 is 0 Å². The van der Waals surface area contributed by atoms with Gasteiger partial charge in [-0.3, -0.25) is 0 Å². The van der Waals surface area contributed by atoms with E-state index in [4.69, 9.17) is 0 Å². The number of rotatable bonds is 4. The highest BCUT2D eigenvalue weighted by atomic mass is 79.9. The molecule has 0 aliphatic rings. The van der Waals surface area contributed by atoms with Crippen molar-refractivity contribution >= 4 is 15.9 Å². The van der Waals surface area contributed by atoms with Crippen molar-refractivity contribution < 1.29 is 8.78 Å². The molecule has 0 saturated carbocycles. The largest absolute Gasteiger partial charge is 0.304 e. The summed E-state index contributed by atoms with van der Waals surface area (Å²) in [5.74, 6) is -1.11. The van der Waals surface area contributed by atoms with Gasteiger partial charge in [-0.2, -0.15) is 0 Å². The predicted molar refractivity (Wildman–Crippen MR) is 80.4 cm³/mol. The van der Waals surface area contributed by atoms with Crippen molar-refractivity contribution in [2.45, 2.75) is 25.9 Å². The number of nitrogens with one attached hydrogen (secondary N) is 1. The summed E-state index contributed by atoms with van der Waals surface area (Å²) in [6, 6.07) is 11.5. The zero-order chi connectivity index (χ0) is 14.8. The molecule has 20 heavy (non-hydrogen) atoms. The minimum Gasteiger partial charge on any atom is -0.304 e. The monoisotopic (exact) mass is 339 g/mol.